The summed E-state index contributed by atoms with van der Waals surface area (Å²) in [5, 5.41) is 9.10. The smallest absolute Gasteiger partial charge is 0.221 e. The zero-order chi connectivity index (χ0) is 17.6. The first-order chi connectivity index (χ1) is 11.7. The molecule has 0 atom stereocenters. The summed E-state index contributed by atoms with van der Waals surface area (Å²) in [6.45, 7) is 9.28. The molecule has 1 rings (SSSR count). The van der Waals surface area contributed by atoms with Crippen molar-refractivity contribution in [3.8, 4) is 5.75 Å². The van der Waals surface area contributed by atoms with Gasteiger partial charge in [-0.25, -0.2) is 0 Å². The fraction of sp³-hybridized carbons (Fsp3) is 0.529. The molecule has 0 aliphatic carbocycles. The number of anilines is 1. The van der Waals surface area contributed by atoms with Gasteiger partial charge in [-0.3, -0.25) is 9.79 Å². The van der Waals surface area contributed by atoms with Crippen LogP contribution in [0, 0.1) is 0 Å². The number of hydrogen-bond donors (Lipinski definition) is 3. The van der Waals surface area contributed by atoms with Crippen molar-refractivity contribution >= 4 is 41.5 Å². The molecule has 25 heavy (non-hydrogen) atoms. The van der Waals surface area contributed by atoms with Gasteiger partial charge in [0.15, 0.2) is 5.96 Å². The van der Waals surface area contributed by atoms with Gasteiger partial charge in [0.05, 0.1) is 19.7 Å². The van der Waals surface area contributed by atoms with Crippen molar-refractivity contribution in [3.63, 3.8) is 0 Å². The van der Waals surface area contributed by atoms with Crippen molar-refractivity contribution in [1.29, 1.82) is 0 Å². The number of carbonyl (C=O) groups is 1. The Hall–Kier alpha value is -1.55. The predicted octanol–water partition coefficient (Wildman–Crippen LogP) is 2.23. The summed E-state index contributed by atoms with van der Waals surface area (Å²) in [6, 6.07) is 7.31. The third-order valence-electron chi connectivity index (χ3n) is 2.87. The molecule has 8 heteroatoms. The monoisotopic (exact) mass is 464 g/mol. The number of nitrogens with one attached hydrogen (secondary N) is 3. The molecular formula is C17H29IN4O3. The molecule has 3 N–H and O–H groups in total. The number of rotatable bonds is 10. The van der Waals surface area contributed by atoms with Crippen molar-refractivity contribution in [2.45, 2.75) is 20.8 Å². The summed E-state index contributed by atoms with van der Waals surface area (Å²) >= 11 is 0. The highest BCUT2D eigenvalue weighted by atomic mass is 127. The van der Waals surface area contributed by atoms with Gasteiger partial charge in [-0.15, -0.1) is 24.0 Å². The van der Waals surface area contributed by atoms with Crippen LogP contribution in [0.5, 0.6) is 5.75 Å². The number of aliphatic imine (C=N–C) groups is 1. The molecule has 0 aromatic heterocycles. The van der Waals surface area contributed by atoms with Crippen LogP contribution in [-0.4, -0.2) is 51.3 Å². The normalized spacial score (nSPS) is 10.6. The maximum Gasteiger partial charge on any atom is 0.221 e. The zero-order valence-corrected chi connectivity index (χ0v) is 17.5. The van der Waals surface area contributed by atoms with Crippen LogP contribution in [0.1, 0.15) is 20.8 Å². The van der Waals surface area contributed by atoms with Gasteiger partial charge in [-0.05, 0) is 26.0 Å². The summed E-state index contributed by atoms with van der Waals surface area (Å²) in [5.41, 5.74) is 0.721. The minimum atomic E-state index is -0.104. The van der Waals surface area contributed by atoms with Crippen LogP contribution in [0.2, 0.25) is 0 Å². The van der Waals surface area contributed by atoms with E-state index in [1.54, 1.807) is 6.07 Å². The maximum atomic E-state index is 11.1. The molecule has 0 aliphatic rings. The van der Waals surface area contributed by atoms with Gasteiger partial charge in [-0.2, -0.15) is 0 Å². The predicted molar refractivity (Wildman–Crippen MR) is 112 cm³/mol. The second-order valence-electron chi connectivity index (χ2n) is 4.94. The highest BCUT2D eigenvalue weighted by Gasteiger charge is 2.00. The molecule has 7 nitrogen and oxygen atoms in total. The number of amides is 1. The third-order valence-corrected chi connectivity index (χ3v) is 2.87. The Balaban J connectivity index is 0.00000576. The number of benzene rings is 1. The maximum absolute atomic E-state index is 11.1. The van der Waals surface area contributed by atoms with Crippen LogP contribution in [0.4, 0.5) is 5.69 Å². The molecule has 1 amide bonds. The van der Waals surface area contributed by atoms with Crippen LogP contribution >= 0.6 is 24.0 Å². The van der Waals surface area contributed by atoms with E-state index in [-0.39, 0.29) is 29.9 Å². The Morgan fingerprint density at radius 2 is 2.00 bits per heavy atom. The lowest BCUT2D eigenvalue weighted by molar-refractivity contribution is -0.114. The molecule has 0 spiro atoms. The van der Waals surface area contributed by atoms with Crippen LogP contribution < -0.4 is 20.7 Å². The van der Waals surface area contributed by atoms with Crippen LogP contribution in [0.25, 0.3) is 0 Å². The number of ether oxygens (including phenoxy) is 2. The third kappa shape index (κ3) is 11.6. The van der Waals surface area contributed by atoms with Gasteiger partial charge in [-0.1, -0.05) is 6.07 Å². The summed E-state index contributed by atoms with van der Waals surface area (Å²) in [7, 11) is 0. The minimum Gasteiger partial charge on any atom is -0.492 e. The molecular weight excluding hydrogens is 435 g/mol. The average molecular weight is 464 g/mol. The van der Waals surface area contributed by atoms with Crippen LogP contribution in [0.3, 0.4) is 0 Å². The topological polar surface area (TPSA) is 84.0 Å². The fourth-order valence-electron chi connectivity index (χ4n) is 1.91. The van der Waals surface area contributed by atoms with Crippen molar-refractivity contribution in [2.24, 2.45) is 4.99 Å². The van der Waals surface area contributed by atoms with E-state index >= 15 is 0 Å². The Kier molecular flexibility index (Phi) is 13.8. The largest absolute Gasteiger partial charge is 0.492 e. The first kappa shape index (κ1) is 23.4. The molecule has 0 heterocycles. The van der Waals surface area contributed by atoms with Crippen molar-refractivity contribution in [1.82, 2.24) is 10.6 Å². The number of hydrogen-bond acceptors (Lipinski definition) is 4. The zero-order valence-electron chi connectivity index (χ0n) is 15.1. The first-order valence-electron chi connectivity index (χ1n) is 8.26. The van der Waals surface area contributed by atoms with E-state index in [0.717, 1.165) is 18.2 Å². The van der Waals surface area contributed by atoms with Gasteiger partial charge in [0.2, 0.25) is 5.91 Å². The van der Waals surface area contributed by atoms with Gasteiger partial charge < -0.3 is 25.4 Å². The standard InChI is InChI=1S/C17H28N4O3.HI/c1-4-18-17(19-9-11-23-5-2)20-10-12-24-16-8-6-7-15(13-16)21-14(3)22;/h6-8,13H,4-5,9-12H2,1-3H3,(H,21,22)(H2,18,19,20);1H. The molecule has 0 bridgehead atoms. The number of nitrogens with zero attached hydrogens (tertiary/aromatic N) is 1. The molecule has 0 radical (unpaired) electrons. The number of halogens is 1. The van der Waals surface area contributed by atoms with Gasteiger partial charge in [0.1, 0.15) is 12.4 Å². The van der Waals surface area contributed by atoms with E-state index in [2.05, 4.69) is 20.9 Å². The lowest BCUT2D eigenvalue weighted by Crippen LogP contribution is -2.39. The lowest BCUT2D eigenvalue weighted by atomic mass is 10.3. The Morgan fingerprint density at radius 3 is 2.68 bits per heavy atom. The summed E-state index contributed by atoms with van der Waals surface area (Å²) in [6.07, 6.45) is 0. The van der Waals surface area contributed by atoms with E-state index < -0.39 is 0 Å². The second-order valence-corrected chi connectivity index (χ2v) is 4.94. The molecule has 0 saturated heterocycles. The highest BCUT2D eigenvalue weighted by Crippen LogP contribution is 2.16. The number of guanidine groups is 1. The first-order valence-corrected chi connectivity index (χ1v) is 8.26. The summed E-state index contributed by atoms with van der Waals surface area (Å²) < 4.78 is 10.9. The fourth-order valence-corrected chi connectivity index (χ4v) is 1.91. The molecule has 1 aromatic rings. The van der Waals surface area contributed by atoms with E-state index in [1.807, 2.05) is 32.0 Å². The average Bonchev–Trinajstić information content (AvgIpc) is 2.55. The molecule has 0 saturated carbocycles. The summed E-state index contributed by atoms with van der Waals surface area (Å²) in [5.74, 6) is 1.35. The van der Waals surface area contributed by atoms with Gasteiger partial charge in [0, 0.05) is 31.8 Å². The highest BCUT2D eigenvalue weighted by molar-refractivity contribution is 14.0. The van der Waals surface area contributed by atoms with E-state index in [9.17, 15) is 4.79 Å². The molecule has 142 valence electrons. The second kappa shape index (κ2) is 14.8. The minimum absolute atomic E-state index is 0. The van der Waals surface area contributed by atoms with Crippen molar-refractivity contribution in [2.75, 3.05) is 44.8 Å². The Bertz CT molecular complexity index is 526. The Morgan fingerprint density at radius 1 is 1.20 bits per heavy atom. The van der Waals surface area contributed by atoms with E-state index in [4.69, 9.17) is 9.47 Å². The van der Waals surface area contributed by atoms with Crippen molar-refractivity contribution < 1.29 is 14.3 Å². The van der Waals surface area contributed by atoms with E-state index in [0.29, 0.717) is 38.7 Å². The molecule has 0 unspecified atom stereocenters. The van der Waals surface area contributed by atoms with Gasteiger partial charge in [0.25, 0.3) is 0 Å². The van der Waals surface area contributed by atoms with Gasteiger partial charge >= 0.3 is 0 Å². The van der Waals surface area contributed by atoms with Crippen LogP contribution in [0.15, 0.2) is 29.3 Å². The Labute approximate surface area is 167 Å². The lowest BCUT2D eigenvalue weighted by Gasteiger charge is -2.12. The quantitative estimate of drug-likeness (QED) is 0.214. The molecule has 1 aromatic carbocycles. The van der Waals surface area contributed by atoms with Crippen LogP contribution in [-0.2, 0) is 9.53 Å². The van der Waals surface area contributed by atoms with E-state index in [1.165, 1.54) is 6.92 Å². The van der Waals surface area contributed by atoms with Crippen molar-refractivity contribution in [3.05, 3.63) is 24.3 Å². The molecule has 0 fully saturated rings. The summed E-state index contributed by atoms with van der Waals surface area (Å²) in [4.78, 5) is 15.5. The molecule has 0 aliphatic heterocycles. The SMILES string of the molecule is CCNC(=NCCOCC)NCCOc1cccc(NC(C)=O)c1.I. The number of carbonyl (C=O) groups excluding carboxylic acids is 1.